The fourth-order valence-electron chi connectivity index (χ4n) is 2.21. The van der Waals surface area contributed by atoms with E-state index in [2.05, 4.69) is 16.7 Å². The number of benzene rings is 1. The van der Waals surface area contributed by atoms with Crippen LogP contribution in [0.1, 0.15) is 30.9 Å². The summed E-state index contributed by atoms with van der Waals surface area (Å²) < 4.78 is 13.4. The number of carbonyl (C=O) groups is 1. The monoisotopic (exact) mass is 278 g/mol. The number of halogens is 1. The van der Waals surface area contributed by atoms with Crippen molar-refractivity contribution in [2.45, 2.75) is 31.4 Å². The highest BCUT2D eigenvalue weighted by atomic mass is 19.1. The van der Waals surface area contributed by atoms with Crippen LogP contribution in [-0.4, -0.2) is 23.7 Å². The third-order valence-electron chi connectivity index (χ3n) is 3.32. The van der Waals surface area contributed by atoms with Gasteiger partial charge in [-0.25, -0.2) is 9.18 Å². The Hall–Kier alpha value is -1.88. The molecule has 20 heavy (non-hydrogen) atoms. The number of aliphatic hydroxyl groups is 1. The average molecular weight is 278 g/mol. The summed E-state index contributed by atoms with van der Waals surface area (Å²) in [6.45, 7) is -0.0185. The van der Waals surface area contributed by atoms with Gasteiger partial charge in [0, 0.05) is 18.2 Å². The molecule has 1 aliphatic carbocycles. The van der Waals surface area contributed by atoms with Gasteiger partial charge in [0.05, 0.1) is 6.10 Å². The third-order valence-corrected chi connectivity index (χ3v) is 3.32. The minimum absolute atomic E-state index is 0.0185. The number of urea groups is 1. The molecule has 0 radical (unpaired) electrons. The molecule has 3 N–H and O–H groups in total. The third kappa shape index (κ3) is 4.06. The molecule has 0 aliphatic heterocycles. The Balaban J connectivity index is 1.78. The Morgan fingerprint density at radius 2 is 2.20 bits per heavy atom. The number of hydrogen-bond acceptors (Lipinski definition) is 2. The van der Waals surface area contributed by atoms with Crippen molar-refractivity contribution in [1.29, 1.82) is 0 Å². The second-order valence-electron chi connectivity index (χ2n) is 4.87. The van der Waals surface area contributed by atoms with Crippen LogP contribution < -0.4 is 10.6 Å². The highest BCUT2D eigenvalue weighted by Gasteiger charge is 2.15. The Bertz CT molecular complexity index is 491. The van der Waals surface area contributed by atoms with Crippen LogP contribution in [0, 0.1) is 5.82 Å². The predicted molar refractivity (Wildman–Crippen MR) is 74.7 cm³/mol. The van der Waals surface area contributed by atoms with Gasteiger partial charge in [0.25, 0.3) is 0 Å². The van der Waals surface area contributed by atoms with E-state index in [1.54, 1.807) is 12.1 Å². The first-order valence-electron chi connectivity index (χ1n) is 6.78. The lowest BCUT2D eigenvalue weighted by atomic mass is 10.0. The number of rotatable bonds is 4. The van der Waals surface area contributed by atoms with Gasteiger partial charge in [-0.15, -0.1) is 0 Å². The van der Waals surface area contributed by atoms with Crippen LogP contribution in [0.5, 0.6) is 0 Å². The number of amides is 2. The first kappa shape index (κ1) is 14.5. The predicted octanol–water partition coefficient (Wildman–Crippen LogP) is 2.27. The minimum atomic E-state index is -1.05. The molecule has 1 aliphatic rings. The van der Waals surface area contributed by atoms with Crippen molar-refractivity contribution < 1.29 is 14.3 Å². The molecule has 108 valence electrons. The van der Waals surface area contributed by atoms with Crippen molar-refractivity contribution in [1.82, 2.24) is 10.6 Å². The van der Waals surface area contributed by atoms with Gasteiger partial charge in [-0.05, 0) is 25.3 Å². The lowest BCUT2D eigenvalue weighted by Gasteiger charge is -2.20. The highest BCUT2D eigenvalue weighted by molar-refractivity contribution is 5.74. The Kier molecular flexibility index (Phi) is 5.12. The molecule has 0 saturated carbocycles. The average Bonchev–Trinajstić information content (AvgIpc) is 2.46. The van der Waals surface area contributed by atoms with Gasteiger partial charge in [-0.3, -0.25) is 0 Å². The van der Waals surface area contributed by atoms with Crippen LogP contribution in [-0.2, 0) is 0 Å². The smallest absolute Gasteiger partial charge is 0.315 e. The molecule has 0 aromatic heterocycles. The van der Waals surface area contributed by atoms with Crippen LogP contribution in [0.2, 0.25) is 0 Å². The van der Waals surface area contributed by atoms with Crippen LogP contribution in [0.3, 0.4) is 0 Å². The van der Waals surface area contributed by atoms with E-state index < -0.39 is 11.9 Å². The molecule has 4 nitrogen and oxygen atoms in total. The molecule has 2 atom stereocenters. The van der Waals surface area contributed by atoms with Gasteiger partial charge < -0.3 is 15.7 Å². The van der Waals surface area contributed by atoms with Gasteiger partial charge >= 0.3 is 6.03 Å². The zero-order valence-corrected chi connectivity index (χ0v) is 11.2. The molecule has 0 heterocycles. The van der Waals surface area contributed by atoms with Gasteiger partial charge in [-0.2, -0.15) is 0 Å². The summed E-state index contributed by atoms with van der Waals surface area (Å²) in [4.78, 5) is 11.7. The zero-order valence-electron chi connectivity index (χ0n) is 11.2. The minimum Gasteiger partial charge on any atom is -0.386 e. The summed E-state index contributed by atoms with van der Waals surface area (Å²) in [5.41, 5.74) is 0.188. The molecular weight excluding hydrogens is 259 g/mol. The molecule has 0 fully saturated rings. The van der Waals surface area contributed by atoms with E-state index in [-0.39, 0.29) is 24.2 Å². The first-order valence-corrected chi connectivity index (χ1v) is 6.78. The van der Waals surface area contributed by atoms with Crippen molar-refractivity contribution in [3.8, 4) is 0 Å². The molecule has 2 unspecified atom stereocenters. The number of allylic oxidation sites excluding steroid dienone is 1. The lowest BCUT2D eigenvalue weighted by Crippen LogP contribution is -2.43. The fourth-order valence-corrected chi connectivity index (χ4v) is 2.21. The molecule has 2 amide bonds. The van der Waals surface area contributed by atoms with Crippen LogP contribution in [0.25, 0.3) is 0 Å². The summed E-state index contributed by atoms with van der Waals surface area (Å²) in [5, 5.41) is 15.3. The number of carbonyl (C=O) groups excluding carboxylic acids is 1. The second-order valence-corrected chi connectivity index (χ2v) is 4.87. The SMILES string of the molecule is O=C(NCC(O)c1ccccc1F)NC1CC=CCC1. The van der Waals surface area contributed by atoms with Crippen LogP contribution in [0.15, 0.2) is 36.4 Å². The largest absolute Gasteiger partial charge is 0.386 e. The molecule has 0 spiro atoms. The first-order chi connectivity index (χ1) is 9.66. The molecular formula is C15H19FN2O2. The number of aliphatic hydroxyl groups excluding tert-OH is 1. The Morgan fingerprint density at radius 3 is 2.90 bits per heavy atom. The summed E-state index contributed by atoms with van der Waals surface area (Å²) in [7, 11) is 0. The lowest BCUT2D eigenvalue weighted by molar-refractivity contribution is 0.168. The molecule has 1 aromatic rings. The van der Waals surface area contributed by atoms with E-state index in [1.165, 1.54) is 12.1 Å². The van der Waals surface area contributed by atoms with Crippen molar-refractivity contribution in [3.05, 3.63) is 47.8 Å². The van der Waals surface area contributed by atoms with Crippen molar-refractivity contribution >= 4 is 6.03 Å². The maximum absolute atomic E-state index is 13.4. The summed E-state index contributed by atoms with van der Waals surface area (Å²) >= 11 is 0. The van der Waals surface area contributed by atoms with E-state index in [0.717, 1.165) is 19.3 Å². The van der Waals surface area contributed by atoms with Crippen LogP contribution in [0.4, 0.5) is 9.18 Å². The van der Waals surface area contributed by atoms with Gasteiger partial charge in [0.15, 0.2) is 0 Å². The van der Waals surface area contributed by atoms with Gasteiger partial charge in [0.1, 0.15) is 5.82 Å². The van der Waals surface area contributed by atoms with Gasteiger partial charge in [0.2, 0.25) is 0 Å². The highest BCUT2D eigenvalue weighted by Crippen LogP contribution is 2.15. The molecule has 0 saturated heterocycles. The standard InChI is InChI=1S/C15H19FN2O2/c16-13-9-5-4-8-12(13)14(19)10-17-15(20)18-11-6-2-1-3-7-11/h1-2,4-5,8-9,11,14,19H,3,6-7,10H2,(H2,17,18,20). The van der Waals surface area contributed by atoms with E-state index in [4.69, 9.17) is 0 Å². The molecule has 1 aromatic carbocycles. The quantitative estimate of drug-likeness (QED) is 0.740. The number of nitrogens with one attached hydrogen (secondary N) is 2. The Morgan fingerprint density at radius 1 is 1.40 bits per heavy atom. The van der Waals surface area contributed by atoms with Crippen molar-refractivity contribution in [2.75, 3.05) is 6.54 Å². The fraction of sp³-hybridized carbons (Fsp3) is 0.400. The van der Waals surface area contributed by atoms with Crippen LogP contribution >= 0.6 is 0 Å². The second kappa shape index (κ2) is 7.05. The Labute approximate surface area is 117 Å². The molecule has 5 heteroatoms. The number of hydrogen-bond donors (Lipinski definition) is 3. The van der Waals surface area contributed by atoms with E-state index in [1.807, 2.05) is 6.08 Å². The summed E-state index contributed by atoms with van der Waals surface area (Å²) in [6.07, 6.45) is 5.79. The normalized spacial score (nSPS) is 19.4. The molecule has 2 rings (SSSR count). The maximum atomic E-state index is 13.4. The topological polar surface area (TPSA) is 61.4 Å². The van der Waals surface area contributed by atoms with E-state index >= 15 is 0 Å². The van der Waals surface area contributed by atoms with E-state index in [9.17, 15) is 14.3 Å². The molecule has 0 bridgehead atoms. The summed E-state index contributed by atoms with van der Waals surface area (Å²) in [5.74, 6) is -0.473. The summed E-state index contributed by atoms with van der Waals surface area (Å²) in [6, 6.07) is 5.79. The van der Waals surface area contributed by atoms with Crippen molar-refractivity contribution in [2.24, 2.45) is 0 Å². The van der Waals surface area contributed by atoms with Crippen molar-refractivity contribution in [3.63, 3.8) is 0 Å². The zero-order chi connectivity index (χ0) is 14.4. The van der Waals surface area contributed by atoms with Gasteiger partial charge in [-0.1, -0.05) is 30.4 Å². The van der Waals surface area contributed by atoms with E-state index in [0.29, 0.717) is 0 Å². The maximum Gasteiger partial charge on any atom is 0.315 e.